The van der Waals surface area contributed by atoms with Crippen LogP contribution in [-0.4, -0.2) is 44.9 Å². The summed E-state index contributed by atoms with van der Waals surface area (Å²) in [7, 11) is 0. The fourth-order valence-electron chi connectivity index (χ4n) is 6.85. The largest absolute Gasteiger partial charge is 0.264 e. The Kier molecular flexibility index (Phi) is 6.92. The van der Waals surface area contributed by atoms with E-state index in [1.54, 1.807) is 24.8 Å². The highest BCUT2D eigenvalue weighted by Crippen LogP contribution is 2.40. The van der Waals surface area contributed by atoms with Gasteiger partial charge < -0.3 is 0 Å². The van der Waals surface area contributed by atoms with Crippen LogP contribution >= 0.6 is 0 Å². The molecule has 7 aromatic heterocycles. The monoisotopic (exact) mass is 667 g/mol. The molecule has 0 radical (unpaired) electrons. The molecule has 0 bridgehead atoms. The molecule has 7 heterocycles. The number of hydrogen-bond donors (Lipinski definition) is 0. The summed E-state index contributed by atoms with van der Waals surface area (Å²) in [6.07, 6.45) is 14.2. The van der Waals surface area contributed by atoms with Crippen LogP contribution in [0.1, 0.15) is 0 Å². The maximum Gasteiger partial charge on any atom is 0.165 e. The molecule has 0 aliphatic rings. The van der Waals surface area contributed by atoms with Crippen molar-refractivity contribution in [1.29, 1.82) is 0 Å². The van der Waals surface area contributed by atoms with E-state index >= 15 is 0 Å². The van der Waals surface area contributed by atoms with Gasteiger partial charge in [0, 0.05) is 87.8 Å². The summed E-state index contributed by atoms with van der Waals surface area (Å²) in [5, 5.41) is 3.99. The van der Waals surface area contributed by atoms with Crippen molar-refractivity contribution in [3.63, 3.8) is 0 Å². The molecule has 0 unspecified atom stereocenters. The van der Waals surface area contributed by atoms with E-state index in [9.17, 15) is 0 Å². The molecule has 10 aromatic rings. The van der Waals surface area contributed by atoms with Crippen LogP contribution in [0.5, 0.6) is 0 Å². The lowest BCUT2D eigenvalue weighted by atomic mass is 9.91. The van der Waals surface area contributed by atoms with E-state index in [1.807, 2.05) is 73.3 Å². The summed E-state index contributed by atoms with van der Waals surface area (Å²) in [5.74, 6) is 1.55. The highest BCUT2D eigenvalue weighted by molar-refractivity contribution is 6.12. The van der Waals surface area contributed by atoms with Crippen molar-refractivity contribution in [1.82, 2.24) is 44.9 Å². The minimum atomic E-state index is 0.516. The number of nitrogens with zero attached hydrogens (tertiary/aromatic N) is 9. The zero-order chi connectivity index (χ0) is 34.4. The third-order valence-corrected chi connectivity index (χ3v) is 9.21. The molecule has 0 N–H and O–H groups in total. The average molecular weight is 668 g/mol. The molecule has 9 nitrogen and oxygen atoms in total. The molecule has 242 valence electrons. The highest BCUT2D eigenvalue weighted by Gasteiger charge is 2.19. The van der Waals surface area contributed by atoms with E-state index < -0.39 is 0 Å². The maximum atomic E-state index is 5.07. The molecule has 10 rings (SSSR count). The molecular formula is C43H25N9. The topological polar surface area (TPSA) is 116 Å². The molecule has 3 aromatic carbocycles. The van der Waals surface area contributed by atoms with E-state index in [4.69, 9.17) is 34.9 Å². The Hall–Kier alpha value is -7.39. The van der Waals surface area contributed by atoms with Gasteiger partial charge in [-0.3, -0.25) is 29.9 Å². The summed E-state index contributed by atoms with van der Waals surface area (Å²) in [4.78, 5) is 42.7. The molecule has 0 aliphatic carbocycles. The van der Waals surface area contributed by atoms with Crippen LogP contribution in [0.25, 0.3) is 100 Å². The Labute approximate surface area is 296 Å². The van der Waals surface area contributed by atoms with Crippen molar-refractivity contribution < 1.29 is 0 Å². The minimum absolute atomic E-state index is 0.516. The lowest BCUT2D eigenvalue weighted by Gasteiger charge is -2.16. The summed E-state index contributed by atoms with van der Waals surface area (Å²) in [6, 6.07) is 34.7. The van der Waals surface area contributed by atoms with Gasteiger partial charge in [-0.1, -0.05) is 24.3 Å². The van der Waals surface area contributed by atoms with Crippen LogP contribution < -0.4 is 0 Å². The summed E-state index contributed by atoms with van der Waals surface area (Å²) in [5.41, 5.74) is 9.77. The van der Waals surface area contributed by atoms with E-state index in [-0.39, 0.29) is 0 Å². The number of benzene rings is 3. The normalized spacial score (nSPS) is 11.5. The van der Waals surface area contributed by atoms with Gasteiger partial charge in [0.25, 0.3) is 0 Å². The second-order valence-electron chi connectivity index (χ2n) is 12.4. The number of pyridine rings is 6. The minimum Gasteiger partial charge on any atom is -0.264 e. The van der Waals surface area contributed by atoms with Crippen molar-refractivity contribution in [2.75, 3.05) is 0 Å². The van der Waals surface area contributed by atoms with Crippen molar-refractivity contribution in [2.24, 2.45) is 0 Å². The molecule has 0 spiro atoms. The predicted octanol–water partition coefficient (Wildman–Crippen LogP) is 9.19. The molecule has 0 atom stereocenters. The Morgan fingerprint density at radius 1 is 0.327 bits per heavy atom. The molecule has 52 heavy (non-hydrogen) atoms. The third kappa shape index (κ3) is 5.07. The second-order valence-corrected chi connectivity index (χ2v) is 12.4. The standard InChI is InChI=1S/C43H25N9/c1-9-28(24-44-13-1)41-50-42(29-10-2-14-45-25-29)52-43(51-41)32-20-30(35-22-26-7-3-15-46-37(26)39-33(35)11-5-17-48-39)19-31(21-32)36-23-27-8-4-16-47-38(27)40-34(36)12-6-18-49-40/h1-25H. The van der Waals surface area contributed by atoms with Gasteiger partial charge in [0.1, 0.15) is 0 Å². The first kappa shape index (κ1) is 29.5. The van der Waals surface area contributed by atoms with Crippen LogP contribution in [-0.2, 0) is 0 Å². The van der Waals surface area contributed by atoms with Crippen LogP contribution in [0.2, 0.25) is 0 Å². The SMILES string of the molecule is c1cncc(-c2nc(-c3cccnc3)nc(-c3cc(-c4cc5cccnc5c5ncccc45)cc(-c4cc5cccnc5c5ncccc45)c3)n2)c1. The lowest BCUT2D eigenvalue weighted by Crippen LogP contribution is -2.01. The fraction of sp³-hybridized carbons (Fsp3) is 0. The van der Waals surface area contributed by atoms with Crippen molar-refractivity contribution >= 4 is 43.6 Å². The van der Waals surface area contributed by atoms with Crippen molar-refractivity contribution in [3.8, 4) is 56.4 Å². The van der Waals surface area contributed by atoms with Crippen LogP contribution in [0, 0.1) is 0 Å². The van der Waals surface area contributed by atoms with E-state index in [1.165, 1.54) is 0 Å². The van der Waals surface area contributed by atoms with E-state index in [0.717, 1.165) is 82.6 Å². The van der Waals surface area contributed by atoms with Gasteiger partial charge in [-0.2, -0.15) is 0 Å². The molecule has 9 heteroatoms. The van der Waals surface area contributed by atoms with Crippen molar-refractivity contribution in [3.05, 3.63) is 153 Å². The number of fused-ring (bicyclic) bond motifs is 6. The number of rotatable bonds is 5. The first-order valence-corrected chi connectivity index (χ1v) is 16.7. The van der Waals surface area contributed by atoms with Crippen LogP contribution in [0.15, 0.2) is 153 Å². The summed E-state index contributed by atoms with van der Waals surface area (Å²) in [6.45, 7) is 0. The predicted molar refractivity (Wildman–Crippen MR) is 204 cm³/mol. The smallest absolute Gasteiger partial charge is 0.165 e. The first-order chi connectivity index (χ1) is 25.8. The van der Waals surface area contributed by atoms with Gasteiger partial charge in [0.05, 0.1) is 22.1 Å². The quantitative estimate of drug-likeness (QED) is 0.166. The van der Waals surface area contributed by atoms with Gasteiger partial charge in [0.15, 0.2) is 17.5 Å². The maximum absolute atomic E-state index is 5.07. The number of hydrogen-bond acceptors (Lipinski definition) is 9. The van der Waals surface area contributed by atoms with Gasteiger partial charge in [-0.25, -0.2) is 15.0 Å². The van der Waals surface area contributed by atoms with Crippen molar-refractivity contribution in [2.45, 2.75) is 0 Å². The zero-order valence-corrected chi connectivity index (χ0v) is 27.5. The Morgan fingerprint density at radius 3 is 1.19 bits per heavy atom. The molecule has 0 aliphatic heterocycles. The molecule has 0 saturated carbocycles. The Bertz CT molecular complexity index is 2770. The molecule has 0 saturated heterocycles. The first-order valence-electron chi connectivity index (χ1n) is 16.7. The summed E-state index contributed by atoms with van der Waals surface area (Å²) < 4.78 is 0. The van der Waals surface area contributed by atoms with Gasteiger partial charge >= 0.3 is 0 Å². The van der Waals surface area contributed by atoms with Crippen LogP contribution in [0.3, 0.4) is 0 Å². The van der Waals surface area contributed by atoms with Crippen LogP contribution in [0.4, 0.5) is 0 Å². The third-order valence-electron chi connectivity index (χ3n) is 9.21. The molecule has 0 amide bonds. The van der Waals surface area contributed by atoms with Gasteiger partial charge in [-0.05, 0) is 101 Å². The molecular weight excluding hydrogens is 643 g/mol. The summed E-state index contributed by atoms with van der Waals surface area (Å²) >= 11 is 0. The van der Waals surface area contributed by atoms with E-state index in [0.29, 0.717) is 17.5 Å². The fourth-order valence-corrected chi connectivity index (χ4v) is 6.85. The second kappa shape index (κ2) is 12.2. The Balaban J connectivity index is 1.30. The van der Waals surface area contributed by atoms with Gasteiger partial charge in [0.2, 0.25) is 0 Å². The highest BCUT2D eigenvalue weighted by atomic mass is 15.0. The Morgan fingerprint density at radius 2 is 0.731 bits per heavy atom. The number of aromatic nitrogens is 9. The molecule has 0 fully saturated rings. The lowest BCUT2D eigenvalue weighted by molar-refractivity contribution is 1.07. The average Bonchev–Trinajstić information content (AvgIpc) is 3.23. The zero-order valence-electron chi connectivity index (χ0n) is 27.5. The van der Waals surface area contributed by atoms with Gasteiger partial charge in [-0.15, -0.1) is 0 Å². The van der Waals surface area contributed by atoms with E-state index in [2.05, 4.69) is 64.6 Å².